The van der Waals surface area contributed by atoms with E-state index < -0.39 is 31.3 Å². The molecule has 1 aromatic rings. The molecule has 7 heteroatoms. The van der Waals surface area contributed by atoms with Crippen LogP contribution < -0.4 is 10.1 Å². The number of aliphatic hydroxyl groups excluding tert-OH is 3. The second-order valence-electron chi connectivity index (χ2n) is 11.9. The van der Waals surface area contributed by atoms with Gasteiger partial charge in [0.25, 0.3) is 0 Å². The Morgan fingerprint density at radius 2 is 1.45 bits per heavy atom. The largest absolute Gasteiger partial charge is 0.507 e. The van der Waals surface area contributed by atoms with E-state index >= 15 is 0 Å². The van der Waals surface area contributed by atoms with Crippen LogP contribution in [0.3, 0.4) is 0 Å². The lowest BCUT2D eigenvalue weighted by Crippen LogP contribution is -2.57. The quantitative estimate of drug-likeness (QED) is 0.154. The van der Waals surface area contributed by atoms with Crippen LogP contribution >= 0.6 is 0 Å². The molecule has 0 saturated carbocycles. The van der Waals surface area contributed by atoms with Crippen LogP contribution in [-0.4, -0.2) is 57.3 Å². The number of ether oxygens (including phenoxy) is 1. The normalized spacial score (nSPS) is 18.4. The molecule has 0 aliphatic carbocycles. The van der Waals surface area contributed by atoms with E-state index in [-0.39, 0.29) is 5.60 Å². The van der Waals surface area contributed by atoms with Crippen LogP contribution in [0.2, 0.25) is 0 Å². The minimum absolute atomic E-state index is 0.209. The number of carbonyl (C=O) groups excluding carboxylic acids is 1. The number of aromatic hydroxyl groups is 1. The fraction of sp³-hybridized carbons (Fsp3) is 0.606. The Hall–Kier alpha value is -2.61. The van der Waals surface area contributed by atoms with Crippen molar-refractivity contribution >= 4 is 5.91 Å². The number of aliphatic hydroxyl groups is 3. The molecule has 1 atom stereocenters. The molecule has 1 aliphatic heterocycles. The topological polar surface area (TPSA) is 119 Å². The SMILES string of the molecule is C/C(=C\CC/C(C)=C/CCC1(C)CCc2c(C)c(O)c(C)c(C)c2O1)CC/C=C(\C)C(=O)NC(CO)(CO)CO. The van der Waals surface area contributed by atoms with Gasteiger partial charge in [-0.05, 0) is 117 Å². The van der Waals surface area contributed by atoms with Crippen molar-refractivity contribution in [2.24, 2.45) is 0 Å². The van der Waals surface area contributed by atoms with Gasteiger partial charge in [-0.15, -0.1) is 0 Å². The summed E-state index contributed by atoms with van der Waals surface area (Å²) in [5, 5.41) is 41.1. The van der Waals surface area contributed by atoms with Crippen molar-refractivity contribution in [3.8, 4) is 11.5 Å². The number of phenols is 1. The zero-order chi connectivity index (χ0) is 30.1. The van der Waals surface area contributed by atoms with Crippen LogP contribution in [0.15, 0.2) is 34.9 Å². The maximum atomic E-state index is 12.3. The van der Waals surface area contributed by atoms with Crippen molar-refractivity contribution in [2.75, 3.05) is 19.8 Å². The summed E-state index contributed by atoms with van der Waals surface area (Å²) in [6, 6.07) is 0. The highest BCUT2D eigenvalue weighted by Crippen LogP contribution is 2.44. The van der Waals surface area contributed by atoms with Crippen molar-refractivity contribution in [3.63, 3.8) is 0 Å². The summed E-state index contributed by atoms with van der Waals surface area (Å²) < 4.78 is 6.56. The van der Waals surface area contributed by atoms with Gasteiger partial charge in [0.1, 0.15) is 22.6 Å². The molecule has 0 aromatic heterocycles. The predicted octanol–water partition coefficient (Wildman–Crippen LogP) is 5.41. The molecule has 1 aromatic carbocycles. The molecule has 1 amide bonds. The van der Waals surface area contributed by atoms with Gasteiger partial charge in [0, 0.05) is 11.1 Å². The molecule has 7 nitrogen and oxygen atoms in total. The van der Waals surface area contributed by atoms with E-state index in [2.05, 4.69) is 38.2 Å². The van der Waals surface area contributed by atoms with Crippen LogP contribution in [0.25, 0.3) is 0 Å². The predicted molar refractivity (Wildman–Crippen MR) is 161 cm³/mol. The Balaban J connectivity index is 1.80. The molecule has 1 heterocycles. The molecule has 0 fully saturated rings. The molecule has 0 spiro atoms. The molecule has 224 valence electrons. The number of fused-ring (bicyclic) bond motifs is 1. The highest BCUT2D eigenvalue weighted by Gasteiger charge is 2.34. The van der Waals surface area contributed by atoms with Crippen LogP contribution in [0.5, 0.6) is 11.5 Å². The van der Waals surface area contributed by atoms with E-state index in [9.17, 15) is 25.2 Å². The lowest BCUT2D eigenvalue weighted by atomic mass is 9.85. The highest BCUT2D eigenvalue weighted by molar-refractivity contribution is 5.93. The summed E-state index contributed by atoms with van der Waals surface area (Å²) in [5.74, 6) is 0.950. The maximum Gasteiger partial charge on any atom is 0.247 e. The molecule has 40 heavy (non-hydrogen) atoms. The van der Waals surface area contributed by atoms with E-state index in [1.54, 1.807) is 6.92 Å². The van der Waals surface area contributed by atoms with Crippen molar-refractivity contribution in [3.05, 3.63) is 57.2 Å². The Morgan fingerprint density at radius 3 is 2.02 bits per heavy atom. The third kappa shape index (κ3) is 8.69. The zero-order valence-electron chi connectivity index (χ0n) is 25.6. The number of nitrogens with one attached hydrogen (secondary N) is 1. The average Bonchev–Trinajstić information content (AvgIpc) is 2.93. The average molecular weight is 558 g/mol. The van der Waals surface area contributed by atoms with Gasteiger partial charge in [0.05, 0.1) is 19.8 Å². The van der Waals surface area contributed by atoms with E-state index in [0.717, 1.165) is 72.9 Å². The Morgan fingerprint density at radius 1 is 0.900 bits per heavy atom. The third-order valence-electron chi connectivity index (χ3n) is 8.42. The van der Waals surface area contributed by atoms with Crippen molar-refractivity contribution < 1.29 is 30.0 Å². The number of rotatable bonds is 14. The lowest BCUT2D eigenvalue weighted by molar-refractivity contribution is -0.121. The standard InChI is InChI=1S/C33H51NO6/c1-22(13-9-15-24(3)31(39)34-33(19-35,20-36)21-37)11-8-12-23(2)14-10-17-32(7)18-16-28-27(6)29(38)25(4)26(5)30(28)40-32/h11,14-15,35-38H,8-10,12-13,16-21H2,1-7H3,(H,34,39)/b22-11+,23-14+,24-15+. The lowest BCUT2D eigenvalue weighted by Gasteiger charge is -2.38. The van der Waals surface area contributed by atoms with Gasteiger partial charge in [0.2, 0.25) is 5.91 Å². The molecule has 0 bridgehead atoms. The molecule has 5 N–H and O–H groups in total. The molecular weight excluding hydrogens is 506 g/mol. The summed E-state index contributed by atoms with van der Waals surface area (Å²) in [6.07, 6.45) is 13.7. The number of allylic oxidation sites excluding steroid dienone is 5. The summed E-state index contributed by atoms with van der Waals surface area (Å²) in [6.45, 7) is 12.5. The number of hydrogen-bond donors (Lipinski definition) is 5. The minimum Gasteiger partial charge on any atom is -0.507 e. The van der Waals surface area contributed by atoms with Gasteiger partial charge in [-0.25, -0.2) is 0 Å². The number of hydrogen-bond acceptors (Lipinski definition) is 6. The van der Waals surface area contributed by atoms with Crippen LogP contribution in [0, 0.1) is 20.8 Å². The summed E-state index contributed by atoms with van der Waals surface area (Å²) in [5.41, 5.74) is 5.53. The fourth-order valence-electron chi connectivity index (χ4n) is 5.06. The number of carbonyl (C=O) groups is 1. The van der Waals surface area contributed by atoms with Crippen LogP contribution in [0.1, 0.15) is 94.9 Å². The van der Waals surface area contributed by atoms with Gasteiger partial charge in [-0.3, -0.25) is 4.79 Å². The van der Waals surface area contributed by atoms with Crippen molar-refractivity contribution in [1.82, 2.24) is 5.32 Å². The smallest absolute Gasteiger partial charge is 0.247 e. The second kappa shape index (κ2) is 14.9. The van der Waals surface area contributed by atoms with E-state index in [0.29, 0.717) is 17.7 Å². The number of benzene rings is 1. The number of amides is 1. The highest BCUT2D eigenvalue weighted by atomic mass is 16.5. The molecule has 2 rings (SSSR count). The van der Waals surface area contributed by atoms with Gasteiger partial charge < -0.3 is 30.5 Å². The van der Waals surface area contributed by atoms with Crippen molar-refractivity contribution in [2.45, 2.75) is 111 Å². The summed E-state index contributed by atoms with van der Waals surface area (Å²) in [4.78, 5) is 12.3. The first-order valence-corrected chi connectivity index (χ1v) is 14.5. The first kappa shape index (κ1) is 33.6. The van der Waals surface area contributed by atoms with Crippen LogP contribution in [0.4, 0.5) is 0 Å². The van der Waals surface area contributed by atoms with Crippen molar-refractivity contribution in [1.29, 1.82) is 0 Å². The molecule has 0 radical (unpaired) electrons. The first-order chi connectivity index (χ1) is 18.8. The maximum absolute atomic E-state index is 12.3. The monoisotopic (exact) mass is 557 g/mol. The zero-order valence-corrected chi connectivity index (χ0v) is 25.6. The van der Waals surface area contributed by atoms with E-state index in [1.165, 1.54) is 11.1 Å². The first-order valence-electron chi connectivity index (χ1n) is 14.5. The van der Waals surface area contributed by atoms with Gasteiger partial charge in [-0.2, -0.15) is 0 Å². The van der Waals surface area contributed by atoms with E-state index in [1.807, 2.05) is 26.8 Å². The summed E-state index contributed by atoms with van der Waals surface area (Å²) >= 11 is 0. The Bertz CT molecular complexity index is 1120. The number of phenolic OH excluding ortho intramolecular Hbond substituents is 1. The summed E-state index contributed by atoms with van der Waals surface area (Å²) in [7, 11) is 0. The molecule has 1 unspecified atom stereocenters. The Kier molecular flexibility index (Phi) is 12.5. The molecule has 0 saturated heterocycles. The van der Waals surface area contributed by atoms with E-state index in [4.69, 9.17) is 4.74 Å². The van der Waals surface area contributed by atoms with Gasteiger partial charge in [0.15, 0.2) is 0 Å². The molecule has 1 aliphatic rings. The van der Waals surface area contributed by atoms with Crippen LogP contribution in [-0.2, 0) is 11.2 Å². The Labute approximate surface area is 240 Å². The fourth-order valence-corrected chi connectivity index (χ4v) is 5.06. The second-order valence-corrected chi connectivity index (χ2v) is 11.9. The minimum atomic E-state index is -1.41. The third-order valence-corrected chi connectivity index (χ3v) is 8.42. The van der Waals surface area contributed by atoms with Gasteiger partial charge in [-0.1, -0.05) is 29.4 Å². The van der Waals surface area contributed by atoms with Gasteiger partial charge >= 0.3 is 0 Å². The molecular formula is C33H51NO6.